The molecule has 19 heavy (non-hydrogen) atoms. The standard InChI is InChI=1S/C12H11BrF2O4/c1-3-19-11(17)12(14,15)10(16)7-4-5-9(18-2)8(13)6-7/h4-6H,3H2,1-2H3. The molecule has 0 unspecified atom stereocenters. The van der Waals surface area contributed by atoms with Gasteiger partial charge in [-0.15, -0.1) is 0 Å². The first-order valence-corrected chi connectivity index (χ1v) is 6.07. The Labute approximate surface area is 116 Å². The summed E-state index contributed by atoms with van der Waals surface area (Å²) < 4.78 is 36.5. The predicted octanol–water partition coefficient (Wildman–Crippen LogP) is 2.84. The lowest BCUT2D eigenvalue weighted by molar-refractivity contribution is -0.164. The number of rotatable bonds is 5. The van der Waals surface area contributed by atoms with Gasteiger partial charge in [0, 0.05) is 5.56 Å². The first-order valence-electron chi connectivity index (χ1n) is 5.28. The van der Waals surface area contributed by atoms with Crippen LogP contribution in [0.2, 0.25) is 0 Å². The van der Waals surface area contributed by atoms with E-state index in [0.29, 0.717) is 10.2 Å². The molecule has 0 aliphatic heterocycles. The van der Waals surface area contributed by atoms with E-state index in [9.17, 15) is 18.4 Å². The molecule has 0 aliphatic carbocycles. The van der Waals surface area contributed by atoms with Gasteiger partial charge in [-0.25, -0.2) is 4.79 Å². The molecule has 0 heterocycles. The van der Waals surface area contributed by atoms with Gasteiger partial charge in [-0.2, -0.15) is 8.78 Å². The van der Waals surface area contributed by atoms with Gasteiger partial charge in [0.15, 0.2) is 0 Å². The largest absolute Gasteiger partial charge is 0.496 e. The third kappa shape index (κ3) is 3.28. The highest BCUT2D eigenvalue weighted by Gasteiger charge is 2.49. The van der Waals surface area contributed by atoms with E-state index in [4.69, 9.17) is 4.74 Å². The summed E-state index contributed by atoms with van der Waals surface area (Å²) in [6, 6.07) is 3.66. The van der Waals surface area contributed by atoms with Gasteiger partial charge in [0.2, 0.25) is 5.78 Å². The second kappa shape index (κ2) is 6.10. The summed E-state index contributed by atoms with van der Waals surface area (Å²) in [6.45, 7) is 1.15. The normalized spacial score (nSPS) is 11.0. The molecule has 0 spiro atoms. The molecular formula is C12H11BrF2O4. The van der Waals surface area contributed by atoms with Crippen LogP contribution < -0.4 is 4.74 Å². The molecule has 1 aromatic rings. The van der Waals surface area contributed by atoms with Gasteiger partial charge in [-0.1, -0.05) is 0 Å². The number of esters is 1. The number of carbonyl (C=O) groups excluding carboxylic acids is 2. The van der Waals surface area contributed by atoms with Gasteiger partial charge in [0.05, 0.1) is 18.2 Å². The molecule has 0 aliphatic rings. The van der Waals surface area contributed by atoms with Crippen LogP contribution in [-0.4, -0.2) is 31.4 Å². The van der Waals surface area contributed by atoms with E-state index in [-0.39, 0.29) is 12.2 Å². The SMILES string of the molecule is CCOC(=O)C(F)(F)C(=O)c1ccc(OC)c(Br)c1. The van der Waals surface area contributed by atoms with Gasteiger partial charge < -0.3 is 9.47 Å². The second-order valence-electron chi connectivity index (χ2n) is 3.47. The van der Waals surface area contributed by atoms with Crippen LogP contribution in [0.5, 0.6) is 5.75 Å². The Kier molecular flexibility index (Phi) is 4.99. The molecular weight excluding hydrogens is 326 g/mol. The smallest absolute Gasteiger partial charge is 0.404 e. The molecule has 0 fully saturated rings. The molecule has 0 aromatic heterocycles. The van der Waals surface area contributed by atoms with Crippen LogP contribution in [0.3, 0.4) is 0 Å². The number of benzene rings is 1. The maximum absolute atomic E-state index is 13.5. The van der Waals surface area contributed by atoms with E-state index in [1.165, 1.54) is 20.1 Å². The highest BCUT2D eigenvalue weighted by Crippen LogP contribution is 2.29. The van der Waals surface area contributed by atoms with Gasteiger partial charge in [0.25, 0.3) is 0 Å². The lowest BCUT2D eigenvalue weighted by Gasteiger charge is -2.14. The van der Waals surface area contributed by atoms with Crippen molar-refractivity contribution in [3.05, 3.63) is 28.2 Å². The number of Topliss-reactive ketones (excluding diaryl/α,β-unsaturated/α-hetero) is 1. The number of ketones is 1. The van der Waals surface area contributed by atoms with Crippen LogP contribution in [-0.2, 0) is 9.53 Å². The maximum Gasteiger partial charge on any atom is 0.404 e. The van der Waals surface area contributed by atoms with Crippen LogP contribution >= 0.6 is 15.9 Å². The van der Waals surface area contributed by atoms with Gasteiger partial charge in [-0.05, 0) is 41.1 Å². The Bertz CT molecular complexity index is 503. The number of methoxy groups -OCH3 is 1. The van der Waals surface area contributed by atoms with E-state index < -0.39 is 17.7 Å². The molecule has 1 rings (SSSR count). The van der Waals surface area contributed by atoms with Crippen LogP contribution in [0, 0.1) is 0 Å². The molecule has 0 atom stereocenters. The minimum absolute atomic E-state index is 0.228. The van der Waals surface area contributed by atoms with Crippen molar-refractivity contribution in [1.82, 2.24) is 0 Å². The van der Waals surface area contributed by atoms with Gasteiger partial charge in [-0.3, -0.25) is 4.79 Å². The highest BCUT2D eigenvalue weighted by molar-refractivity contribution is 9.10. The third-order valence-electron chi connectivity index (χ3n) is 2.23. The number of halogens is 3. The number of alkyl halides is 2. The quantitative estimate of drug-likeness (QED) is 0.471. The fourth-order valence-corrected chi connectivity index (χ4v) is 1.84. The molecule has 0 saturated heterocycles. The summed E-state index contributed by atoms with van der Waals surface area (Å²) in [5.74, 6) is -7.29. The predicted molar refractivity (Wildman–Crippen MR) is 66.6 cm³/mol. The van der Waals surface area contributed by atoms with E-state index in [1.807, 2.05) is 0 Å². The first-order chi connectivity index (χ1) is 8.84. The zero-order valence-electron chi connectivity index (χ0n) is 10.2. The minimum Gasteiger partial charge on any atom is -0.496 e. The monoisotopic (exact) mass is 336 g/mol. The van der Waals surface area contributed by atoms with Crippen molar-refractivity contribution in [2.75, 3.05) is 13.7 Å². The van der Waals surface area contributed by atoms with Crippen molar-refractivity contribution in [1.29, 1.82) is 0 Å². The molecule has 0 radical (unpaired) electrons. The Morgan fingerprint density at radius 2 is 2.00 bits per heavy atom. The molecule has 1 aromatic carbocycles. The fraction of sp³-hybridized carbons (Fsp3) is 0.333. The van der Waals surface area contributed by atoms with E-state index in [2.05, 4.69) is 20.7 Å². The Balaban J connectivity index is 3.06. The summed E-state index contributed by atoms with van der Waals surface area (Å²) in [7, 11) is 1.40. The van der Waals surface area contributed by atoms with Crippen molar-refractivity contribution in [3.8, 4) is 5.75 Å². The molecule has 0 saturated carbocycles. The van der Waals surface area contributed by atoms with Crippen LogP contribution in [0.25, 0.3) is 0 Å². The number of carbonyl (C=O) groups is 2. The average Bonchev–Trinajstić information content (AvgIpc) is 2.37. The molecule has 0 amide bonds. The number of hydrogen-bond acceptors (Lipinski definition) is 4. The Morgan fingerprint density at radius 1 is 1.37 bits per heavy atom. The van der Waals surface area contributed by atoms with Crippen molar-refractivity contribution in [3.63, 3.8) is 0 Å². The summed E-state index contributed by atoms with van der Waals surface area (Å²) in [6.07, 6.45) is 0. The molecule has 7 heteroatoms. The Hall–Kier alpha value is -1.50. The summed E-state index contributed by atoms with van der Waals surface area (Å²) >= 11 is 3.07. The third-order valence-corrected chi connectivity index (χ3v) is 2.85. The van der Waals surface area contributed by atoms with E-state index in [0.717, 1.165) is 12.1 Å². The maximum atomic E-state index is 13.5. The zero-order chi connectivity index (χ0) is 14.6. The van der Waals surface area contributed by atoms with Gasteiger partial charge in [0.1, 0.15) is 5.75 Å². The van der Waals surface area contributed by atoms with Crippen molar-refractivity contribution < 1.29 is 27.8 Å². The Morgan fingerprint density at radius 3 is 2.47 bits per heavy atom. The second-order valence-corrected chi connectivity index (χ2v) is 4.33. The summed E-state index contributed by atoms with van der Waals surface area (Å²) in [4.78, 5) is 22.7. The zero-order valence-corrected chi connectivity index (χ0v) is 11.8. The molecule has 104 valence electrons. The van der Waals surface area contributed by atoms with Crippen LogP contribution in [0.15, 0.2) is 22.7 Å². The van der Waals surface area contributed by atoms with Crippen LogP contribution in [0.1, 0.15) is 17.3 Å². The van der Waals surface area contributed by atoms with Crippen LogP contribution in [0.4, 0.5) is 8.78 Å². The van der Waals surface area contributed by atoms with Gasteiger partial charge >= 0.3 is 11.9 Å². The first kappa shape index (κ1) is 15.6. The van der Waals surface area contributed by atoms with E-state index >= 15 is 0 Å². The number of ether oxygens (including phenoxy) is 2. The van der Waals surface area contributed by atoms with E-state index in [1.54, 1.807) is 0 Å². The molecule has 4 nitrogen and oxygen atoms in total. The fourth-order valence-electron chi connectivity index (χ4n) is 1.30. The number of hydrogen-bond donors (Lipinski definition) is 0. The van der Waals surface area contributed by atoms with Crippen molar-refractivity contribution in [2.24, 2.45) is 0 Å². The lowest BCUT2D eigenvalue weighted by Crippen LogP contribution is -2.39. The van der Waals surface area contributed by atoms with Crippen molar-refractivity contribution >= 4 is 27.7 Å². The molecule has 0 bridgehead atoms. The lowest BCUT2D eigenvalue weighted by atomic mass is 10.1. The summed E-state index contributed by atoms with van der Waals surface area (Å²) in [5.41, 5.74) is -0.314. The van der Waals surface area contributed by atoms with Crippen molar-refractivity contribution in [2.45, 2.75) is 12.8 Å². The molecule has 0 N–H and O–H groups in total. The summed E-state index contributed by atoms with van der Waals surface area (Å²) in [5, 5.41) is 0. The average molecular weight is 337 g/mol. The topological polar surface area (TPSA) is 52.6 Å². The minimum atomic E-state index is -4.20. The highest BCUT2D eigenvalue weighted by atomic mass is 79.9.